The molecule has 0 aliphatic rings. The predicted molar refractivity (Wildman–Crippen MR) is 87.1 cm³/mol. The predicted octanol–water partition coefficient (Wildman–Crippen LogP) is 2.66. The number of benzene rings is 2. The number of H-pyrrole nitrogens is 1. The van der Waals surface area contributed by atoms with Gasteiger partial charge in [0, 0.05) is 13.1 Å². The van der Waals surface area contributed by atoms with Gasteiger partial charge in [-0.05, 0) is 24.3 Å². The number of carbonyl (C=O) groups is 2. The lowest BCUT2D eigenvalue weighted by atomic mass is 10.2. The normalized spacial score (nSPS) is 11.3. The molecule has 2 aromatic heterocycles. The summed E-state index contributed by atoms with van der Waals surface area (Å²) < 4.78 is 28.5. The van der Waals surface area contributed by atoms with Crippen LogP contribution in [0, 0.1) is 11.6 Å². The zero-order chi connectivity index (χ0) is 18.6. The largest absolute Gasteiger partial charge is 0.478 e. The summed E-state index contributed by atoms with van der Waals surface area (Å²) in [5.74, 6) is -3.61. The molecule has 0 atom stereocenters. The number of aromatic amines is 1. The van der Waals surface area contributed by atoms with Crippen molar-refractivity contribution < 1.29 is 23.5 Å². The number of aromatic nitrogens is 4. The molecule has 130 valence electrons. The van der Waals surface area contributed by atoms with Crippen molar-refractivity contribution in [3.8, 4) is 0 Å². The molecule has 0 saturated carbocycles. The number of hydrogen-bond acceptors (Lipinski definition) is 4. The number of halogens is 2. The van der Waals surface area contributed by atoms with Crippen molar-refractivity contribution in [3.05, 3.63) is 59.2 Å². The average molecular weight is 356 g/mol. The molecule has 0 amide bonds. The number of imidazole rings is 2. The van der Waals surface area contributed by atoms with Crippen molar-refractivity contribution >= 4 is 33.8 Å². The molecule has 0 aliphatic heterocycles. The first-order chi connectivity index (χ1) is 12.3. The van der Waals surface area contributed by atoms with Crippen LogP contribution in [0.4, 0.5) is 8.78 Å². The molecule has 0 saturated heterocycles. The van der Waals surface area contributed by atoms with E-state index < -0.39 is 23.4 Å². The number of carbonyl (C=O) groups excluding carboxylic acids is 1. The molecule has 0 aliphatic carbocycles. The Bertz CT molecular complexity index is 1230. The van der Waals surface area contributed by atoms with Gasteiger partial charge in [0.05, 0.1) is 22.1 Å². The maximum atomic E-state index is 13.8. The number of carboxylic acids is 1. The van der Waals surface area contributed by atoms with Crippen LogP contribution in [0.15, 0.2) is 30.3 Å². The lowest BCUT2D eigenvalue weighted by Crippen LogP contribution is -2.10. The van der Waals surface area contributed by atoms with E-state index in [0.717, 1.165) is 6.07 Å². The lowest BCUT2D eigenvalue weighted by molar-refractivity contribution is 0.0697. The molecule has 0 radical (unpaired) electrons. The zero-order valence-corrected chi connectivity index (χ0v) is 13.2. The summed E-state index contributed by atoms with van der Waals surface area (Å²) in [5.41, 5.74) is 0.830. The van der Waals surface area contributed by atoms with Crippen LogP contribution in [0.3, 0.4) is 0 Å². The van der Waals surface area contributed by atoms with E-state index in [-0.39, 0.29) is 28.2 Å². The van der Waals surface area contributed by atoms with E-state index in [2.05, 4.69) is 15.0 Å². The van der Waals surface area contributed by atoms with E-state index in [4.69, 9.17) is 5.11 Å². The number of hydrogen-bond donors (Lipinski definition) is 2. The second-order valence-electron chi connectivity index (χ2n) is 5.70. The van der Waals surface area contributed by atoms with Crippen molar-refractivity contribution in [1.29, 1.82) is 0 Å². The number of carboxylic acid groups (broad SMARTS) is 1. The van der Waals surface area contributed by atoms with E-state index in [1.165, 1.54) is 22.8 Å². The molecular formula is C17H10F2N4O3. The van der Waals surface area contributed by atoms with E-state index >= 15 is 0 Å². The fourth-order valence-electron chi connectivity index (χ4n) is 2.78. The van der Waals surface area contributed by atoms with Crippen LogP contribution in [0.2, 0.25) is 0 Å². The first-order valence-corrected chi connectivity index (χ1v) is 7.44. The summed E-state index contributed by atoms with van der Waals surface area (Å²) in [6.45, 7) is 0. The standard InChI is InChI=1S/C17H10F2N4O3/c1-23-12-4-7(17(25)26)2-3-10(12)21-16(23)14(24)15-20-11-6-8(18)5-9(19)13(11)22-15/h2-6H,1H3,(H,20,22)(H,25,26). The maximum Gasteiger partial charge on any atom is 0.335 e. The minimum Gasteiger partial charge on any atom is -0.478 e. The van der Waals surface area contributed by atoms with Gasteiger partial charge in [-0.25, -0.2) is 23.5 Å². The van der Waals surface area contributed by atoms with Gasteiger partial charge in [0.1, 0.15) is 11.3 Å². The first kappa shape index (κ1) is 15.9. The highest BCUT2D eigenvalue weighted by atomic mass is 19.1. The Balaban J connectivity index is 1.85. The molecule has 2 aromatic carbocycles. The zero-order valence-electron chi connectivity index (χ0n) is 13.2. The summed E-state index contributed by atoms with van der Waals surface area (Å²) in [6, 6.07) is 5.99. The molecule has 0 unspecified atom stereocenters. The van der Waals surface area contributed by atoms with Gasteiger partial charge < -0.3 is 14.7 Å². The number of aryl methyl sites for hydroxylation is 1. The number of aromatic carboxylic acids is 1. The number of nitrogens with one attached hydrogen (secondary N) is 1. The first-order valence-electron chi connectivity index (χ1n) is 7.44. The molecule has 0 fully saturated rings. The molecule has 0 spiro atoms. The number of ketones is 1. The van der Waals surface area contributed by atoms with E-state index in [1.54, 1.807) is 7.05 Å². The van der Waals surface area contributed by atoms with Gasteiger partial charge in [0.15, 0.2) is 17.5 Å². The van der Waals surface area contributed by atoms with Gasteiger partial charge in [-0.1, -0.05) is 0 Å². The number of fused-ring (bicyclic) bond motifs is 2. The number of nitrogens with zero attached hydrogens (tertiary/aromatic N) is 3. The summed E-state index contributed by atoms with van der Waals surface area (Å²) in [7, 11) is 1.55. The van der Waals surface area contributed by atoms with Crippen molar-refractivity contribution in [2.75, 3.05) is 0 Å². The van der Waals surface area contributed by atoms with Crippen LogP contribution in [0.25, 0.3) is 22.1 Å². The van der Waals surface area contributed by atoms with Crippen LogP contribution >= 0.6 is 0 Å². The molecule has 0 bridgehead atoms. The molecule has 9 heteroatoms. The van der Waals surface area contributed by atoms with Gasteiger partial charge in [-0.2, -0.15) is 0 Å². The number of rotatable bonds is 3. The highest BCUT2D eigenvalue weighted by Crippen LogP contribution is 2.21. The van der Waals surface area contributed by atoms with Gasteiger partial charge in [-0.3, -0.25) is 4.79 Å². The third kappa shape index (κ3) is 2.32. The molecule has 26 heavy (non-hydrogen) atoms. The Morgan fingerprint density at radius 2 is 1.92 bits per heavy atom. The van der Waals surface area contributed by atoms with Crippen LogP contribution in [-0.4, -0.2) is 36.4 Å². The Hall–Kier alpha value is -3.62. The van der Waals surface area contributed by atoms with Gasteiger partial charge in [0.25, 0.3) is 5.78 Å². The van der Waals surface area contributed by atoms with Crippen LogP contribution in [0.1, 0.15) is 26.8 Å². The third-order valence-electron chi connectivity index (χ3n) is 4.05. The highest BCUT2D eigenvalue weighted by molar-refractivity contribution is 6.07. The van der Waals surface area contributed by atoms with E-state index in [1.807, 2.05) is 0 Å². The quantitative estimate of drug-likeness (QED) is 0.550. The fraction of sp³-hybridized carbons (Fsp3) is 0.0588. The lowest BCUT2D eigenvalue weighted by Gasteiger charge is -2.00. The molecule has 7 nitrogen and oxygen atoms in total. The summed E-state index contributed by atoms with van der Waals surface area (Å²) in [6.07, 6.45) is 0. The third-order valence-corrected chi connectivity index (χ3v) is 4.05. The van der Waals surface area contributed by atoms with Crippen LogP contribution in [-0.2, 0) is 7.05 Å². The summed E-state index contributed by atoms with van der Waals surface area (Å²) >= 11 is 0. The van der Waals surface area contributed by atoms with Gasteiger partial charge >= 0.3 is 5.97 Å². The Labute approximate surface area is 143 Å². The molecule has 4 aromatic rings. The molecular weight excluding hydrogens is 346 g/mol. The van der Waals surface area contributed by atoms with Crippen molar-refractivity contribution in [1.82, 2.24) is 19.5 Å². The van der Waals surface area contributed by atoms with Crippen molar-refractivity contribution in [2.45, 2.75) is 0 Å². The van der Waals surface area contributed by atoms with Gasteiger partial charge in [0.2, 0.25) is 0 Å². The minimum absolute atomic E-state index is 0.0116. The Kier molecular flexibility index (Phi) is 3.33. The molecule has 2 heterocycles. The highest BCUT2D eigenvalue weighted by Gasteiger charge is 2.22. The Morgan fingerprint density at radius 1 is 1.15 bits per heavy atom. The van der Waals surface area contributed by atoms with E-state index in [0.29, 0.717) is 17.1 Å². The summed E-state index contributed by atoms with van der Waals surface area (Å²) in [5, 5.41) is 9.08. The smallest absolute Gasteiger partial charge is 0.335 e. The van der Waals surface area contributed by atoms with Crippen LogP contribution in [0.5, 0.6) is 0 Å². The van der Waals surface area contributed by atoms with Crippen molar-refractivity contribution in [2.24, 2.45) is 7.05 Å². The fourth-order valence-corrected chi connectivity index (χ4v) is 2.78. The minimum atomic E-state index is -1.10. The summed E-state index contributed by atoms with van der Waals surface area (Å²) in [4.78, 5) is 34.5. The second kappa shape index (κ2) is 5.45. The monoisotopic (exact) mass is 356 g/mol. The average Bonchev–Trinajstić information content (AvgIpc) is 3.16. The second-order valence-corrected chi connectivity index (χ2v) is 5.70. The van der Waals surface area contributed by atoms with Crippen molar-refractivity contribution in [3.63, 3.8) is 0 Å². The van der Waals surface area contributed by atoms with E-state index in [9.17, 15) is 18.4 Å². The maximum absolute atomic E-state index is 13.8. The molecule has 4 rings (SSSR count). The van der Waals surface area contributed by atoms with Gasteiger partial charge in [-0.15, -0.1) is 0 Å². The molecule has 2 N–H and O–H groups in total. The SMILES string of the molecule is Cn1c(C(=O)c2nc3c(F)cc(F)cc3[nH]2)nc2ccc(C(=O)O)cc21. The van der Waals surface area contributed by atoms with Crippen LogP contribution < -0.4 is 0 Å². The topological polar surface area (TPSA) is 101 Å². The Morgan fingerprint density at radius 3 is 2.65 bits per heavy atom.